The first-order valence-electron chi connectivity index (χ1n) is 9.50. The second-order valence-corrected chi connectivity index (χ2v) is 6.71. The van der Waals surface area contributed by atoms with E-state index in [0.29, 0.717) is 17.7 Å². The average Bonchev–Trinajstić information content (AvgIpc) is 2.67. The minimum Gasteiger partial charge on any atom is -0.507 e. The van der Waals surface area contributed by atoms with Gasteiger partial charge in [-0.2, -0.15) is 0 Å². The minimum absolute atomic E-state index is 0.0495. The Morgan fingerprint density at radius 3 is 2.27 bits per heavy atom. The number of benzene rings is 2. The third-order valence-electron chi connectivity index (χ3n) is 4.15. The Balaban J connectivity index is 1.98. The normalized spacial score (nSPS) is 11.6. The molecule has 162 valence electrons. The number of phenolic OH excluding ortho intramolecular Hbond substituents is 1. The Kier molecular flexibility index (Phi) is 8.17. The fraction of sp³-hybridized carbons (Fsp3) is 0.364. The van der Waals surface area contributed by atoms with Crippen LogP contribution in [0.4, 0.5) is 4.39 Å². The standard InChI is InChI=1S/C22H25FO7/c1-4-5-18-20(9-7-17(13(2)24)22(18)27)28-11-15(26)12-29-21-8-6-16(10-19(21)23)30-14(3)25/h6-10,15,26-27H,4-5,11-12H2,1-3H3. The fourth-order valence-corrected chi connectivity index (χ4v) is 2.78. The summed E-state index contributed by atoms with van der Waals surface area (Å²) in [4.78, 5) is 22.5. The predicted molar refractivity (Wildman–Crippen MR) is 107 cm³/mol. The second kappa shape index (κ2) is 10.6. The first-order chi connectivity index (χ1) is 14.2. The van der Waals surface area contributed by atoms with Crippen LogP contribution in [0.3, 0.4) is 0 Å². The molecule has 0 aromatic heterocycles. The molecule has 0 spiro atoms. The van der Waals surface area contributed by atoms with Crippen LogP contribution in [0.15, 0.2) is 30.3 Å². The summed E-state index contributed by atoms with van der Waals surface area (Å²) in [7, 11) is 0. The third kappa shape index (κ3) is 6.18. The fourth-order valence-electron chi connectivity index (χ4n) is 2.78. The van der Waals surface area contributed by atoms with Crippen LogP contribution < -0.4 is 14.2 Å². The topological polar surface area (TPSA) is 102 Å². The number of hydrogen-bond donors (Lipinski definition) is 2. The number of halogens is 1. The van der Waals surface area contributed by atoms with Crippen molar-refractivity contribution in [3.05, 3.63) is 47.3 Å². The highest BCUT2D eigenvalue weighted by Crippen LogP contribution is 2.33. The van der Waals surface area contributed by atoms with Crippen molar-refractivity contribution >= 4 is 11.8 Å². The zero-order chi connectivity index (χ0) is 22.3. The number of rotatable bonds is 10. The number of carbonyl (C=O) groups excluding carboxylic acids is 2. The summed E-state index contributed by atoms with van der Waals surface area (Å²) in [5.74, 6) is -1.39. The van der Waals surface area contributed by atoms with Crippen LogP contribution in [0.1, 0.15) is 43.1 Å². The molecule has 0 saturated carbocycles. The van der Waals surface area contributed by atoms with Gasteiger partial charge in [0.1, 0.15) is 36.6 Å². The number of esters is 1. The molecule has 2 aromatic carbocycles. The number of aliphatic hydroxyl groups is 1. The quantitative estimate of drug-likeness (QED) is 0.345. The largest absolute Gasteiger partial charge is 0.507 e. The molecule has 1 unspecified atom stereocenters. The summed E-state index contributed by atoms with van der Waals surface area (Å²) < 4.78 is 29.6. The molecule has 0 aliphatic carbocycles. The van der Waals surface area contributed by atoms with E-state index < -0.39 is 17.9 Å². The molecular weight excluding hydrogens is 395 g/mol. The van der Waals surface area contributed by atoms with Crippen molar-refractivity contribution in [2.75, 3.05) is 13.2 Å². The van der Waals surface area contributed by atoms with Crippen LogP contribution in [-0.4, -0.2) is 41.3 Å². The molecule has 0 heterocycles. The number of phenols is 1. The SMILES string of the molecule is CCCc1c(OCC(O)COc2ccc(OC(C)=O)cc2F)ccc(C(C)=O)c1O. The van der Waals surface area contributed by atoms with Crippen molar-refractivity contribution in [2.45, 2.75) is 39.7 Å². The van der Waals surface area contributed by atoms with Crippen molar-refractivity contribution in [1.29, 1.82) is 0 Å². The van der Waals surface area contributed by atoms with Crippen LogP contribution >= 0.6 is 0 Å². The van der Waals surface area contributed by atoms with Gasteiger partial charge in [0, 0.05) is 18.6 Å². The maximum absolute atomic E-state index is 14.0. The van der Waals surface area contributed by atoms with Gasteiger partial charge in [0.25, 0.3) is 0 Å². The molecule has 0 amide bonds. The van der Waals surface area contributed by atoms with E-state index in [4.69, 9.17) is 14.2 Å². The highest BCUT2D eigenvalue weighted by molar-refractivity contribution is 5.97. The van der Waals surface area contributed by atoms with Gasteiger partial charge >= 0.3 is 5.97 Å². The summed E-state index contributed by atoms with van der Waals surface area (Å²) in [6.07, 6.45) is 0.135. The van der Waals surface area contributed by atoms with E-state index in [1.165, 1.54) is 32.0 Å². The van der Waals surface area contributed by atoms with Crippen LogP contribution in [0.5, 0.6) is 23.0 Å². The molecular formula is C22H25FO7. The summed E-state index contributed by atoms with van der Waals surface area (Å²) in [6, 6.07) is 6.71. The van der Waals surface area contributed by atoms with Crippen LogP contribution in [0, 0.1) is 5.82 Å². The molecule has 2 N–H and O–H groups in total. The maximum Gasteiger partial charge on any atom is 0.308 e. The lowest BCUT2D eigenvalue weighted by Gasteiger charge is -2.17. The molecule has 2 rings (SSSR count). The van der Waals surface area contributed by atoms with Crippen molar-refractivity contribution in [2.24, 2.45) is 0 Å². The molecule has 8 heteroatoms. The monoisotopic (exact) mass is 420 g/mol. The minimum atomic E-state index is -1.08. The average molecular weight is 420 g/mol. The second-order valence-electron chi connectivity index (χ2n) is 6.71. The molecule has 2 aromatic rings. The van der Waals surface area contributed by atoms with E-state index in [0.717, 1.165) is 12.5 Å². The Morgan fingerprint density at radius 2 is 1.70 bits per heavy atom. The Bertz CT molecular complexity index is 911. The maximum atomic E-state index is 14.0. The van der Waals surface area contributed by atoms with Gasteiger partial charge in [-0.05, 0) is 37.6 Å². The van der Waals surface area contributed by atoms with Crippen molar-refractivity contribution in [3.8, 4) is 23.0 Å². The Morgan fingerprint density at radius 1 is 1.07 bits per heavy atom. The lowest BCUT2D eigenvalue weighted by Crippen LogP contribution is -2.25. The summed E-state index contributed by atoms with van der Waals surface area (Å²) >= 11 is 0. The highest BCUT2D eigenvalue weighted by Gasteiger charge is 2.17. The zero-order valence-corrected chi connectivity index (χ0v) is 17.1. The Labute approximate surface area is 174 Å². The molecule has 0 radical (unpaired) electrons. The van der Waals surface area contributed by atoms with Crippen LogP contribution in [0.25, 0.3) is 0 Å². The number of ether oxygens (including phenoxy) is 3. The van der Waals surface area contributed by atoms with E-state index in [2.05, 4.69) is 0 Å². The van der Waals surface area contributed by atoms with Gasteiger partial charge in [-0.1, -0.05) is 13.3 Å². The highest BCUT2D eigenvalue weighted by atomic mass is 19.1. The van der Waals surface area contributed by atoms with E-state index >= 15 is 0 Å². The van der Waals surface area contributed by atoms with E-state index in [-0.39, 0.29) is 41.8 Å². The number of ketones is 1. The van der Waals surface area contributed by atoms with Gasteiger partial charge in [-0.3, -0.25) is 9.59 Å². The molecule has 0 aliphatic heterocycles. The number of carbonyl (C=O) groups is 2. The van der Waals surface area contributed by atoms with E-state index in [1.54, 1.807) is 6.07 Å². The molecule has 1 atom stereocenters. The van der Waals surface area contributed by atoms with Gasteiger partial charge in [0.2, 0.25) is 0 Å². The van der Waals surface area contributed by atoms with E-state index in [1.807, 2.05) is 6.92 Å². The smallest absolute Gasteiger partial charge is 0.308 e. The molecule has 0 aliphatic rings. The molecule has 0 bridgehead atoms. The van der Waals surface area contributed by atoms with Gasteiger partial charge < -0.3 is 24.4 Å². The van der Waals surface area contributed by atoms with E-state index in [9.17, 15) is 24.2 Å². The molecule has 30 heavy (non-hydrogen) atoms. The first-order valence-corrected chi connectivity index (χ1v) is 9.50. The van der Waals surface area contributed by atoms with Gasteiger partial charge in [0.15, 0.2) is 17.3 Å². The lowest BCUT2D eigenvalue weighted by molar-refractivity contribution is -0.131. The zero-order valence-electron chi connectivity index (χ0n) is 17.1. The predicted octanol–water partition coefficient (Wildman–Crippen LogP) is 3.43. The van der Waals surface area contributed by atoms with Gasteiger partial charge in [-0.15, -0.1) is 0 Å². The molecule has 0 saturated heterocycles. The molecule has 0 fully saturated rings. The number of aliphatic hydroxyl groups excluding tert-OH is 1. The number of hydrogen-bond acceptors (Lipinski definition) is 7. The number of aromatic hydroxyl groups is 1. The first kappa shape index (κ1) is 23.2. The number of Topliss-reactive ketones (excluding diaryl/α,β-unsaturated/α-hetero) is 1. The van der Waals surface area contributed by atoms with Crippen LogP contribution in [0.2, 0.25) is 0 Å². The van der Waals surface area contributed by atoms with Gasteiger partial charge in [-0.25, -0.2) is 4.39 Å². The third-order valence-corrected chi connectivity index (χ3v) is 4.15. The van der Waals surface area contributed by atoms with Crippen molar-refractivity contribution in [1.82, 2.24) is 0 Å². The van der Waals surface area contributed by atoms with Crippen molar-refractivity contribution < 1.29 is 38.4 Å². The van der Waals surface area contributed by atoms with Crippen LogP contribution in [-0.2, 0) is 11.2 Å². The van der Waals surface area contributed by atoms with Gasteiger partial charge in [0.05, 0.1) is 5.56 Å². The lowest BCUT2D eigenvalue weighted by atomic mass is 10.0. The summed E-state index contributed by atoms with van der Waals surface area (Å²) in [6.45, 7) is 4.09. The Hall–Kier alpha value is -3.13. The van der Waals surface area contributed by atoms with Crippen molar-refractivity contribution in [3.63, 3.8) is 0 Å². The molecule has 7 nitrogen and oxygen atoms in total. The summed E-state index contributed by atoms with van der Waals surface area (Å²) in [5.41, 5.74) is 0.702. The summed E-state index contributed by atoms with van der Waals surface area (Å²) in [5, 5.41) is 20.4.